The molecule has 3 aliphatic rings. The van der Waals surface area contributed by atoms with Crippen molar-refractivity contribution >= 4 is 23.4 Å². The summed E-state index contributed by atoms with van der Waals surface area (Å²) in [5.41, 5.74) is 1.55. The van der Waals surface area contributed by atoms with E-state index in [9.17, 15) is 9.59 Å². The van der Waals surface area contributed by atoms with Crippen molar-refractivity contribution in [3.05, 3.63) is 34.3 Å². The van der Waals surface area contributed by atoms with Gasteiger partial charge in [0.05, 0.1) is 18.7 Å². The van der Waals surface area contributed by atoms with Crippen LogP contribution in [0, 0.1) is 11.3 Å². The Bertz CT molecular complexity index is 732. The van der Waals surface area contributed by atoms with E-state index in [2.05, 4.69) is 10.6 Å². The van der Waals surface area contributed by atoms with Crippen LogP contribution in [0.15, 0.2) is 18.2 Å². The molecule has 0 aromatic heterocycles. The predicted molar refractivity (Wildman–Crippen MR) is 98.8 cm³/mol. The molecule has 1 aromatic rings. The zero-order valence-corrected chi connectivity index (χ0v) is 15.5. The van der Waals surface area contributed by atoms with Gasteiger partial charge in [0.25, 0.3) is 5.91 Å². The first kappa shape index (κ1) is 17.8. The minimum Gasteiger partial charge on any atom is -0.392 e. The molecular formula is C20H25ClN2O3. The van der Waals surface area contributed by atoms with Crippen LogP contribution in [0.25, 0.3) is 0 Å². The van der Waals surface area contributed by atoms with Crippen molar-refractivity contribution in [3.63, 3.8) is 0 Å². The molecule has 0 heterocycles. The smallest absolute Gasteiger partial charge is 0.251 e. The number of amides is 2. The highest BCUT2D eigenvalue weighted by Crippen LogP contribution is 2.57. The topological polar surface area (TPSA) is 78.4 Å². The molecule has 5 nitrogen and oxygen atoms in total. The molecule has 4 rings (SSSR count). The van der Waals surface area contributed by atoms with Gasteiger partial charge in [-0.3, -0.25) is 9.59 Å². The van der Waals surface area contributed by atoms with Crippen molar-refractivity contribution in [2.45, 2.75) is 63.6 Å². The first-order valence-corrected chi connectivity index (χ1v) is 9.88. The van der Waals surface area contributed by atoms with Crippen LogP contribution in [0.1, 0.15) is 60.9 Å². The fourth-order valence-electron chi connectivity index (χ4n) is 4.19. The van der Waals surface area contributed by atoms with E-state index in [1.165, 1.54) is 19.3 Å². The second kappa shape index (κ2) is 6.86. The van der Waals surface area contributed by atoms with Crippen LogP contribution in [0.5, 0.6) is 0 Å². The third kappa shape index (κ3) is 3.74. The molecule has 3 aliphatic carbocycles. The monoisotopic (exact) mass is 376 g/mol. The molecule has 0 saturated heterocycles. The average molecular weight is 377 g/mol. The van der Waals surface area contributed by atoms with Gasteiger partial charge < -0.3 is 15.7 Å². The van der Waals surface area contributed by atoms with Crippen LogP contribution < -0.4 is 10.6 Å². The summed E-state index contributed by atoms with van der Waals surface area (Å²) in [5.74, 6) is 0.105. The molecule has 0 radical (unpaired) electrons. The van der Waals surface area contributed by atoms with Gasteiger partial charge in [-0.1, -0.05) is 24.1 Å². The molecule has 26 heavy (non-hydrogen) atoms. The Morgan fingerprint density at radius 2 is 1.96 bits per heavy atom. The van der Waals surface area contributed by atoms with Crippen molar-refractivity contribution in [2.75, 3.05) is 0 Å². The van der Waals surface area contributed by atoms with Crippen LogP contribution in [-0.4, -0.2) is 29.0 Å². The summed E-state index contributed by atoms with van der Waals surface area (Å²) >= 11 is 6.04. The molecule has 0 bridgehead atoms. The Hall–Kier alpha value is -1.59. The summed E-state index contributed by atoms with van der Waals surface area (Å²) in [6, 6.07) is 4.90. The number of carbonyl (C=O) groups excluding carboxylic acids is 2. The fraction of sp³-hybridized carbons (Fsp3) is 0.600. The van der Waals surface area contributed by atoms with Crippen molar-refractivity contribution in [2.24, 2.45) is 11.3 Å². The molecule has 2 amide bonds. The van der Waals surface area contributed by atoms with Gasteiger partial charge in [-0.25, -0.2) is 0 Å². The Labute approximate surface area is 158 Å². The minimum absolute atomic E-state index is 0.0128. The van der Waals surface area contributed by atoms with E-state index in [4.69, 9.17) is 16.7 Å². The standard InChI is InChI=1S/C20H25ClN2O3/c21-15-8-12(3-4-14(15)11-24)18(25)22-16-9-17(16)23-19(26)13-2-1-5-20(10-13)6-7-20/h3-4,8,13,16-17,24H,1-2,5-7,9-11H2,(H,22,25)(H,23,26)/t13?,16-,17-/m0/s1. The maximum Gasteiger partial charge on any atom is 0.251 e. The van der Waals surface area contributed by atoms with Gasteiger partial charge in [-0.05, 0) is 61.6 Å². The number of rotatable bonds is 5. The molecule has 140 valence electrons. The van der Waals surface area contributed by atoms with E-state index in [0.717, 1.165) is 25.7 Å². The van der Waals surface area contributed by atoms with Crippen molar-refractivity contribution in [1.29, 1.82) is 0 Å². The molecule has 3 atom stereocenters. The zero-order chi connectivity index (χ0) is 18.3. The number of hydrogen-bond donors (Lipinski definition) is 3. The third-order valence-corrected chi connectivity index (χ3v) is 6.54. The van der Waals surface area contributed by atoms with E-state index in [0.29, 0.717) is 21.6 Å². The Balaban J connectivity index is 1.27. The normalized spacial score (nSPS) is 28.5. The van der Waals surface area contributed by atoms with Gasteiger partial charge in [0.2, 0.25) is 5.91 Å². The maximum absolute atomic E-state index is 12.5. The largest absolute Gasteiger partial charge is 0.392 e. The van der Waals surface area contributed by atoms with Gasteiger partial charge >= 0.3 is 0 Å². The molecule has 1 spiro atoms. The van der Waals surface area contributed by atoms with Crippen LogP contribution in [0.2, 0.25) is 5.02 Å². The van der Waals surface area contributed by atoms with Crippen molar-refractivity contribution in [1.82, 2.24) is 10.6 Å². The zero-order valence-electron chi connectivity index (χ0n) is 14.8. The maximum atomic E-state index is 12.5. The minimum atomic E-state index is -0.201. The Kier molecular flexibility index (Phi) is 4.70. The Morgan fingerprint density at radius 3 is 2.65 bits per heavy atom. The summed E-state index contributed by atoms with van der Waals surface area (Å²) in [5, 5.41) is 15.6. The third-order valence-electron chi connectivity index (χ3n) is 6.19. The van der Waals surface area contributed by atoms with Gasteiger partial charge in [-0.15, -0.1) is 0 Å². The first-order valence-electron chi connectivity index (χ1n) is 9.50. The lowest BCUT2D eigenvalue weighted by atomic mass is 9.78. The van der Waals surface area contributed by atoms with Gasteiger partial charge in [-0.2, -0.15) is 0 Å². The van der Waals surface area contributed by atoms with Crippen LogP contribution in [0.3, 0.4) is 0 Å². The van der Waals surface area contributed by atoms with Crippen LogP contribution >= 0.6 is 11.6 Å². The number of benzene rings is 1. The molecule has 3 saturated carbocycles. The fourth-order valence-corrected chi connectivity index (χ4v) is 4.43. The summed E-state index contributed by atoms with van der Waals surface area (Å²) in [6.07, 6.45) is 7.83. The molecule has 3 N–H and O–H groups in total. The molecule has 1 unspecified atom stereocenters. The van der Waals surface area contributed by atoms with Crippen molar-refractivity contribution < 1.29 is 14.7 Å². The molecular weight excluding hydrogens is 352 g/mol. The van der Waals surface area contributed by atoms with Gasteiger partial charge in [0, 0.05) is 16.5 Å². The van der Waals surface area contributed by atoms with Gasteiger partial charge in [0.1, 0.15) is 0 Å². The highest BCUT2D eigenvalue weighted by Gasteiger charge is 2.48. The first-order chi connectivity index (χ1) is 12.5. The number of aliphatic hydroxyl groups is 1. The van der Waals surface area contributed by atoms with Gasteiger partial charge in [0.15, 0.2) is 0 Å². The lowest BCUT2D eigenvalue weighted by Gasteiger charge is -2.28. The molecule has 1 aromatic carbocycles. The quantitative estimate of drug-likeness (QED) is 0.739. The van der Waals surface area contributed by atoms with E-state index in [-0.39, 0.29) is 36.4 Å². The highest BCUT2D eigenvalue weighted by atomic mass is 35.5. The summed E-state index contributed by atoms with van der Waals surface area (Å²) in [7, 11) is 0. The van der Waals surface area contributed by atoms with E-state index < -0.39 is 0 Å². The number of aliphatic hydroxyl groups excluding tert-OH is 1. The highest BCUT2D eigenvalue weighted by molar-refractivity contribution is 6.31. The number of hydrogen-bond acceptors (Lipinski definition) is 3. The van der Waals surface area contributed by atoms with E-state index in [1.807, 2.05) is 0 Å². The molecule has 3 fully saturated rings. The lowest BCUT2D eigenvalue weighted by molar-refractivity contribution is -0.126. The second-order valence-corrected chi connectivity index (χ2v) is 8.60. The molecule has 6 heteroatoms. The second-order valence-electron chi connectivity index (χ2n) is 8.19. The van der Waals surface area contributed by atoms with Crippen molar-refractivity contribution in [3.8, 4) is 0 Å². The lowest BCUT2D eigenvalue weighted by Crippen LogP contribution is -2.39. The molecule has 0 aliphatic heterocycles. The summed E-state index contributed by atoms with van der Waals surface area (Å²) < 4.78 is 0. The number of carbonyl (C=O) groups is 2. The number of halogens is 1. The summed E-state index contributed by atoms with van der Waals surface area (Å²) in [4.78, 5) is 24.8. The van der Waals surface area contributed by atoms with Crippen LogP contribution in [-0.2, 0) is 11.4 Å². The average Bonchev–Trinajstić information content (AvgIpc) is 3.55. The van der Waals surface area contributed by atoms with E-state index in [1.54, 1.807) is 18.2 Å². The number of nitrogens with one attached hydrogen (secondary N) is 2. The van der Waals surface area contributed by atoms with E-state index >= 15 is 0 Å². The SMILES string of the molecule is O=C(N[C@H]1C[C@@H]1NC(=O)C1CCCC2(CC2)C1)c1ccc(CO)c(Cl)c1. The predicted octanol–water partition coefficient (Wildman–Crippen LogP) is 2.79. The van der Waals surface area contributed by atoms with Crippen LogP contribution in [0.4, 0.5) is 0 Å². The summed E-state index contributed by atoms with van der Waals surface area (Å²) in [6.45, 7) is -0.153. The Morgan fingerprint density at radius 1 is 1.19 bits per heavy atom.